The van der Waals surface area contributed by atoms with Crippen molar-refractivity contribution in [3.63, 3.8) is 0 Å². The number of carbonyl (C=O) groups excluding carboxylic acids is 1. The van der Waals surface area contributed by atoms with E-state index in [-0.39, 0.29) is 5.97 Å². The summed E-state index contributed by atoms with van der Waals surface area (Å²) in [6.07, 6.45) is 2.72. The molecule has 0 radical (unpaired) electrons. The van der Waals surface area contributed by atoms with E-state index in [4.69, 9.17) is 10.5 Å². The monoisotopic (exact) mass is 231 g/mol. The average Bonchev–Trinajstić information content (AvgIpc) is 2.49. The fraction of sp³-hybridized carbons (Fsp3) is 0.357. The largest absolute Gasteiger partial charge is 0.466 e. The zero-order chi connectivity index (χ0) is 12.4. The number of esters is 1. The third kappa shape index (κ3) is 2.18. The Kier molecular flexibility index (Phi) is 3.18. The number of anilines is 1. The van der Waals surface area contributed by atoms with Gasteiger partial charge in [0.05, 0.1) is 7.11 Å². The Labute approximate surface area is 101 Å². The molecule has 0 saturated heterocycles. The van der Waals surface area contributed by atoms with Crippen LogP contribution in [0.4, 0.5) is 5.69 Å². The number of hydrogen-bond donors (Lipinski definition) is 1. The molecular weight excluding hydrogens is 214 g/mol. The molecule has 0 aromatic heterocycles. The first kappa shape index (κ1) is 11.7. The molecule has 0 saturated carbocycles. The second-order valence-corrected chi connectivity index (χ2v) is 4.37. The fourth-order valence-electron chi connectivity index (χ4n) is 2.35. The average molecular weight is 231 g/mol. The summed E-state index contributed by atoms with van der Waals surface area (Å²) in [6.45, 7) is 1.97. The highest BCUT2D eigenvalue weighted by Gasteiger charge is 2.19. The van der Waals surface area contributed by atoms with Crippen molar-refractivity contribution in [2.45, 2.75) is 26.2 Å². The van der Waals surface area contributed by atoms with E-state index in [1.165, 1.54) is 12.7 Å². The van der Waals surface area contributed by atoms with E-state index >= 15 is 0 Å². The van der Waals surface area contributed by atoms with Crippen LogP contribution in [0.1, 0.15) is 30.9 Å². The van der Waals surface area contributed by atoms with E-state index in [0.717, 1.165) is 41.7 Å². The molecule has 0 atom stereocenters. The smallest absolute Gasteiger partial charge is 0.334 e. The Hall–Kier alpha value is -1.77. The van der Waals surface area contributed by atoms with Gasteiger partial charge in [-0.1, -0.05) is 6.07 Å². The van der Waals surface area contributed by atoms with Crippen LogP contribution in [0.5, 0.6) is 0 Å². The Bertz CT molecular complexity index is 489. The van der Waals surface area contributed by atoms with Gasteiger partial charge in [-0.25, -0.2) is 4.79 Å². The number of fused-ring (bicyclic) bond motifs is 1. The van der Waals surface area contributed by atoms with Crippen molar-refractivity contribution >= 4 is 17.2 Å². The molecule has 0 aliphatic heterocycles. The predicted molar refractivity (Wildman–Crippen MR) is 68.4 cm³/mol. The van der Waals surface area contributed by atoms with Gasteiger partial charge in [0.15, 0.2) is 0 Å². The number of nitrogen functional groups attached to an aromatic ring is 1. The molecule has 0 bridgehead atoms. The van der Waals surface area contributed by atoms with Crippen LogP contribution in [0.3, 0.4) is 0 Å². The highest BCUT2D eigenvalue weighted by atomic mass is 16.5. The van der Waals surface area contributed by atoms with Crippen molar-refractivity contribution in [3.05, 3.63) is 34.9 Å². The summed E-state index contributed by atoms with van der Waals surface area (Å²) < 4.78 is 4.83. The van der Waals surface area contributed by atoms with Crippen molar-refractivity contribution in [2.75, 3.05) is 12.8 Å². The normalized spacial score (nSPS) is 15.2. The van der Waals surface area contributed by atoms with Crippen molar-refractivity contribution in [2.24, 2.45) is 0 Å². The van der Waals surface area contributed by atoms with Crippen LogP contribution < -0.4 is 5.73 Å². The number of allylic oxidation sites excluding steroid dienone is 1. The molecule has 1 aromatic carbocycles. The van der Waals surface area contributed by atoms with Crippen LogP contribution in [0.15, 0.2) is 23.8 Å². The molecule has 1 aliphatic rings. The van der Waals surface area contributed by atoms with Gasteiger partial charge < -0.3 is 10.5 Å². The Morgan fingerprint density at radius 1 is 1.35 bits per heavy atom. The number of ether oxygens (including phenoxy) is 1. The Balaban J connectivity index is 2.55. The second kappa shape index (κ2) is 4.62. The first-order valence-corrected chi connectivity index (χ1v) is 5.80. The summed E-state index contributed by atoms with van der Waals surface area (Å²) in [5.41, 5.74) is 10.7. The first-order valence-electron chi connectivity index (χ1n) is 5.80. The minimum Gasteiger partial charge on any atom is -0.466 e. The topological polar surface area (TPSA) is 52.3 Å². The minimum absolute atomic E-state index is 0.224. The standard InChI is InChI=1S/C14H17NO2/c1-9-12(14(16)17-2)5-3-4-10-6-7-11(15)8-13(9)10/h6-8H,3-5,15H2,1-2H3. The summed E-state index contributed by atoms with van der Waals surface area (Å²) in [4.78, 5) is 11.7. The van der Waals surface area contributed by atoms with Crippen LogP contribution in [0, 0.1) is 0 Å². The lowest BCUT2D eigenvalue weighted by atomic mass is 9.97. The maximum atomic E-state index is 11.7. The highest BCUT2D eigenvalue weighted by molar-refractivity contribution is 5.98. The molecule has 0 amide bonds. The lowest BCUT2D eigenvalue weighted by Gasteiger charge is -2.10. The van der Waals surface area contributed by atoms with E-state index in [1.807, 2.05) is 25.1 Å². The number of rotatable bonds is 1. The Morgan fingerprint density at radius 2 is 2.12 bits per heavy atom. The molecule has 2 rings (SSSR count). The highest BCUT2D eigenvalue weighted by Crippen LogP contribution is 2.31. The van der Waals surface area contributed by atoms with Gasteiger partial charge in [-0.15, -0.1) is 0 Å². The summed E-state index contributed by atoms with van der Waals surface area (Å²) in [5.74, 6) is -0.224. The zero-order valence-electron chi connectivity index (χ0n) is 10.2. The lowest BCUT2D eigenvalue weighted by molar-refractivity contribution is -0.136. The van der Waals surface area contributed by atoms with Crippen LogP contribution in [0.25, 0.3) is 5.57 Å². The van der Waals surface area contributed by atoms with Gasteiger partial charge in [-0.3, -0.25) is 0 Å². The molecule has 2 N–H and O–H groups in total. The van der Waals surface area contributed by atoms with Gasteiger partial charge in [-0.2, -0.15) is 0 Å². The molecule has 90 valence electrons. The van der Waals surface area contributed by atoms with Crippen molar-refractivity contribution in [1.82, 2.24) is 0 Å². The third-order valence-corrected chi connectivity index (χ3v) is 3.30. The van der Waals surface area contributed by atoms with Gasteiger partial charge in [-0.05, 0) is 55.0 Å². The summed E-state index contributed by atoms with van der Waals surface area (Å²) in [6, 6.07) is 5.91. The molecular formula is C14H17NO2. The van der Waals surface area contributed by atoms with Crippen LogP contribution in [-0.2, 0) is 16.0 Å². The lowest BCUT2D eigenvalue weighted by Crippen LogP contribution is -2.06. The number of hydrogen-bond acceptors (Lipinski definition) is 3. The van der Waals surface area contributed by atoms with Crippen molar-refractivity contribution in [3.8, 4) is 0 Å². The number of carbonyl (C=O) groups is 1. The maximum Gasteiger partial charge on any atom is 0.334 e. The predicted octanol–water partition coefficient (Wildman–Crippen LogP) is 2.55. The maximum absolute atomic E-state index is 11.7. The van der Waals surface area contributed by atoms with E-state index in [9.17, 15) is 4.79 Å². The molecule has 3 nitrogen and oxygen atoms in total. The summed E-state index contributed by atoms with van der Waals surface area (Å²) >= 11 is 0. The molecule has 0 fully saturated rings. The summed E-state index contributed by atoms with van der Waals surface area (Å²) in [5, 5.41) is 0. The van der Waals surface area contributed by atoms with Crippen LogP contribution in [-0.4, -0.2) is 13.1 Å². The Morgan fingerprint density at radius 3 is 2.82 bits per heavy atom. The van der Waals surface area contributed by atoms with E-state index < -0.39 is 0 Å². The number of nitrogens with two attached hydrogens (primary N) is 1. The molecule has 17 heavy (non-hydrogen) atoms. The molecule has 0 spiro atoms. The SMILES string of the molecule is COC(=O)C1=C(C)c2cc(N)ccc2CCC1. The van der Waals surface area contributed by atoms with Gasteiger partial charge in [0.2, 0.25) is 0 Å². The van der Waals surface area contributed by atoms with E-state index in [1.54, 1.807) is 0 Å². The number of methoxy groups -OCH3 is 1. The quantitative estimate of drug-likeness (QED) is 0.597. The van der Waals surface area contributed by atoms with Gasteiger partial charge >= 0.3 is 5.97 Å². The van der Waals surface area contributed by atoms with Crippen LogP contribution >= 0.6 is 0 Å². The van der Waals surface area contributed by atoms with E-state index in [0.29, 0.717) is 0 Å². The van der Waals surface area contributed by atoms with E-state index in [2.05, 4.69) is 0 Å². The molecule has 1 aliphatic carbocycles. The van der Waals surface area contributed by atoms with Gasteiger partial charge in [0, 0.05) is 11.3 Å². The molecule has 3 heteroatoms. The van der Waals surface area contributed by atoms with Gasteiger partial charge in [0.25, 0.3) is 0 Å². The number of benzene rings is 1. The zero-order valence-corrected chi connectivity index (χ0v) is 10.2. The van der Waals surface area contributed by atoms with Crippen molar-refractivity contribution < 1.29 is 9.53 Å². The van der Waals surface area contributed by atoms with Gasteiger partial charge in [0.1, 0.15) is 0 Å². The minimum atomic E-state index is -0.224. The molecule has 1 aromatic rings. The fourth-order valence-corrected chi connectivity index (χ4v) is 2.35. The first-order chi connectivity index (χ1) is 8.13. The second-order valence-electron chi connectivity index (χ2n) is 4.37. The number of aryl methyl sites for hydroxylation is 1. The molecule has 0 heterocycles. The van der Waals surface area contributed by atoms with Crippen molar-refractivity contribution in [1.29, 1.82) is 0 Å². The molecule has 0 unspecified atom stereocenters. The van der Waals surface area contributed by atoms with Crippen LogP contribution in [0.2, 0.25) is 0 Å². The third-order valence-electron chi connectivity index (χ3n) is 3.30. The summed E-state index contributed by atoms with van der Waals surface area (Å²) in [7, 11) is 1.42.